The number of carbonyl (C=O) groups excluding carboxylic acids is 1. The van der Waals surface area contributed by atoms with Crippen molar-refractivity contribution in [3.8, 4) is 5.69 Å². The van der Waals surface area contributed by atoms with Crippen molar-refractivity contribution in [2.75, 3.05) is 39.5 Å². The van der Waals surface area contributed by atoms with Crippen molar-refractivity contribution in [2.45, 2.75) is 33.2 Å². The van der Waals surface area contributed by atoms with Crippen LogP contribution in [0.5, 0.6) is 0 Å². The van der Waals surface area contributed by atoms with Gasteiger partial charge in [0.15, 0.2) is 0 Å². The van der Waals surface area contributed by atoms with Crippen molar-refractivity contribution in [2.24, 2.45) is 7.05 Å². The Kier molecular flexibility index (Phi) is 7.33. The number of amides is 1. The van der Waals surface area contributed by atoms with E-state index in [4.69, 9.17) is 0 Å². The maximum Gasteiger partial charge on any atom is 0.271 e. The summed E-state index contributed by atoms with van der Waals surface area (Å²) in [6.45, 7) is 7.98. The molecule has 0 radical (unpaired) electrons. The SMILES string of the molecule is CNc1ccn(-c2ccnc3c2cc(C(C)N2CC=C(c4c(C)cc(C(=O)N(C)C)nc4C)CC2)n3C)c(=O)c1. The number of fused-ring (bicyclic) bond motifs is 1. The molecule has 0 aliphatic carbocycles. The Morgan fingerprint density at radius 3 is 2.55 bits per heavy atom. The summed E-state index contributed by atoms with van der Waals surface area (Å²) in [5.74, 6) is -0.0807. The fraction of sp³-hybridized carbons (Fsp3) is 0.355. The molecule has 1 amide bonds. The lowest BCUT2D eigenvalue weighted by atomic mass is 9.93. The summed E-state index contributed by atoms with van der Waals surface area (Å²) in [7, 11) is 7.33. The van der Waals surface area contributed by atoms with Crippen LogP contribution >= 0.6 is 0 Å². The van der Waals surface area contributed by atoms with E-state index < -0.39 is 0 Å². The lowest BCUT2D eigenvalue weighted by molar-refractivity contribution is 0.0821. The van der Waals surface area contributed by atoms with Crippen LogP contribution in [0.15, 0.2) is 53.6 Å². The van der Waals surface area contributed by atoms with E-state index in [1.165, 1.54) is 5.57 Å². The topological polar surface area (TPSA) is 88.3 Å². The number of nitrogens with one attached hydrogen (secondary N) is 1. The average molecular weight is 540 g/mol. The van der Waals surface area contributed by atoms with Crippen LogP contribution in [0.2, 0.25) is 0 Å². The summed E-state index contributed by atoms with van der Waals surface area (Å²) < 4.78 is 3.81. The van der Waals surface area contributed by atoms with Crippen LogP contribution in [0.3, 0.4) is 0 Å². The minimum atomic E-state index is -0.0920. The number of hydrogen-bond acceptors (Lipinski definition) is 6. The first-order valence-electron chi connectivity index (χ1n) is 13.6. The predicted octanol–water partition coefficient (Wildman–Crippen LogP) is 4.33. The second-order valence-corrected chi connectivity index (χ2v) is 10.7. The third kappa shape index (κ3) is 4.81. The molecule has 5 rings (SSSR count). The second kappa shape index (κ2) is 10.7. The monoisotopic (exact) mass is 539 g/mol. The van der Waals surface area contributed by atoms with Crippen LogP contribution in [0.1, 0.15) is 52.4 Å². The molecule has 5 heterocycles. The summed E-state index contributed by atoms with van der Waals surface area (Å²) in [6.07, 6.45) is 6.75. The molecule has 4 aromatic heterocycles. The van der Waals surface area contributed by atoms with Crippen LogP contribution < -0.4 is 10.9 Å². The van der Waals surface area contributed by atoms with Crippen LogP contribution in [-0.4, -0.2) is 69.0 Å². The Bertz CT molecular complexity index is 1670. The van der Waals surface area contributed by atoms with E-state index in [1.54, 1.807) is 49.1 Å². The molecule has 0 bridgehead atoms. The van der Waals surface area contributed by atoms with Gasteiger partial charge in [-0.15, -0.1) is 0 Å². The number of pyridine rings is 3. The largest absolute Gasteiger partial charge is 0.388 e. The van der Waals surface area contributed by atoms with E-state index in [9.17, 15) is 9.59 Å². The van der Waals surface area contributed by atoms with Crippen molar-refractivity contribution in [1.82, 2.24) is 28.9 Å². The molecule has 1 N–H and O–H groups in total. The first-order valence-corrected chi connectivity index (χ1v) is 13.6. The summed E-state index contributed by atoms with van der Waals surface area (Å²) in [5.41, 5.74) is 8.39. The molecule has 9 heteroatoms. The van der Waals surface area contributed by atoms with Gasteiger partial charge in [-0.2, -0.15) is 0 Å². The van der Waals surface area contributed by atoms with Gasteiger partial charge in [0.1, 0.15) is 11.3 Å². The summed E-state index contributed by atoms with van der Waals surface area (Å²) in [6, 6.07) is 9.60. The summed E-state index contributed by atoms with van der Waals surface area (Å²) in [4.78, 5) is 38.6. The van der Waals surface area contributed by atoms with Gasteiger partial charge in [-0.3, -0.25) is 19.1 Å². The summed E-state index contributed by atoms with van der Waals surface area (Å²) in [5, 5.41) is 3.97. The summed E-state index contributed by atoms with van der Waals surface area (Å²) >= 11 is 0. The van der Waals surface area contributed by atoms with Gasteiger partial charge in [0.05, 0.1) is 5.69 Å². The van der Waals surface area contributed by atoms with E-state index in [2.05, 4.69) is 50.7 Å². The zero-order valence-corrected chi connectivity index (χ0v) is 24.3. The van der Waals surface area contributed by atoms with E-state index in [0.717, 1.165) is 64.4 Å². The number of aromatic nitrogens is 4. The van der Waals surface area contributed by atoms with E-state index >= 15 is 0 Å². The zero-order valence-electron chi connectivity index (χ0n) is 24.3. The molecular formula is C31H37N7O2. The molecule has 1 unspecified atom stereocenters. The van der Waals surface area contributed by atoms with Gasteiger partial charge in [0.25, 0.3) is 11.5 Å². The molecule has 4 aromatic rings. The Morgan fingerprint density at radius 2 is 1.93 bits per heavy atom. The minimum absolute atomic E-state index is 0.0807. The quantitative estimate of drug-likeness (QED) is 0.393. The maximum absolute atomic E-state index is 12.9. The zero-order chi connectivity index (χ0) is 28.7. The number of carbonyl (C=O) groups is 1. The maximum atomic E-state index is 12.9. The van der Waals surface area contributed by atoms with Crippen LogP contribution in [0, 0.1) is 13.8 Å². The second-order valence-electron chi connectivity index (χ2n) is 10.7. The molecule has 9 nitrogen and oxygen atoms in total. The molecular weight excluding hydrogens is 502 g/mol. The smallest absolute Gasteiger partial charge is 0.271 e. The molecule has 0 aromatic carbocycles. The first-order chi connectivity index (χ1) is 19.1. The van der Waals surface area contributed by atoms with Gasteiger partial charge < -0.3 is 14.8 Å². The van der Waals surface area contributed by atoms with Gasteiger partial charge in [-0.25, -0.2) is 9.97 Å². The Hall–Kier alpha value is -4.24. The van der Waals surface area contributed by atoms with Gasteiger partial charge in [0.2, 0.25) is 0 Å². The molecule has 0 fully saturated rings. The standard InChI is InChI=1S/C31H37N7O2/c1-19-16-25(31(40)35(5)6)34-20(2)29(19)22-9-13-37(14-10-22)21(3)27-18-24-26(8-12-33-30(24)36(27)7)38-15-11-23(32-4)17-28(38)39/h8-9,11-12,15-18,21,32H,10,13-14H2,1-7H3. The van der Waals surface area contributed by atoms with Crippen molar-refractivity contribution >= 4 is 28.2 Å². The molecule has 1 aliphatic rings. The Morgan fingerprint density at radius 1 is 1.15 bits per heavy atom. The highest BCUT2D eigenvalue weighted by Gasteiger charge is 2.25. The molecule has 0 spiro atoms. The third-order valence-electron chi connectivity index (χ3n) is 7.97. The Balaban J connectivity index is 1.42. The van der Waals surface area contributed by atoms with Crippen molar-refractivity contribution < 1.29 is 4.79 Å². The number of aryl methyl sites for hydroxylation is 3. The lowest BCUT2D eigenvalue weighted by Gasteiger charge is -2.32. The van der Waals surface area contributed by atoms with Gasteiger partial charge in [-0.1, -0.05) is 6.08 Å². The number of hydrogen-bond donors (Lipinski definition) is 1. The highest BCUT2D eigenvalue weighted by molar-refractivity contribution is 5.92. The normalized spacial score (nSPS) is 14.7. The average Bonchev–Trinajstić information content (AvgIpc) is 3.28. The Labute approximate surface area is 234 Å². The van der Waals surface area contributed by atoms with Crippen molar-refractivity contribution in [3.05, 3.63) is 87.4 Å². The molecule has 208 valence electrons. The van der Waals surface area contributed by atoms with Crippen molar-refractivity contribution in [1.29, 1.82) is 0 Å². The van der Waals surface area contributed by atoms with E-state index in [0.29, 0.717) is 5.69 Å². The fourth-order valence-corrected chi connectivity index (χ4v) is 5.78. The lowest BCUT2D eigenvalue weighted by Crippen LogP contribution is -2.32. The first kappa shape index (κ1) is 27.3. The number of anilines is 1. The predicted molar refractivity (Wildman–Crippen MR) is 160 cm³/mol. The van der Waals surface area contributed by atoms with E-state index in [1.807, 2.05) is 32.2 Å². The molecule has 0 saturated carbocycles. The van der Waals surface area contributed by atoms with Crippen molar-refractivity contribution in [3.63, 3.8) is 0 Å². The highest BCUT2D eigenvalue weighted by Crippen LogP contribution is 2.33. The molecule has 0 saturated heterocycles. The third-order valence-corrected chi connectivity index (χ3v) is 7.97. The van der Waals surface area contributed by atoms with Gasteiger partial charge >= 0.3 is 0 Å². The highest BCUT2D eigenvalue weighted by atomic mass is 16.2. The van der Waals surface area contributed by atoms with Crippen LogP contribution in [-0.2, 0) is 7.05 Å². The minimum Gasteiger partial charge on any atom is -0.388 e. The molecule has 40 heavy (non-hydrogen) atoms. The van der Waals surface area contributed by atoms with Crippen LogP contribution in [0.4, 0.5) is 5.69 Å². The number of nitrogens with zero attached hydrogens (tertiary/aromatic N) is 6. The molecule has 1 atom stereocenters. The fourth-order valence-electron chi connectivity index (χ4n) is 5.78. The van der Waals surface area contributed by atoms with Gasteiger partial charge in [-0.05, 0) is 62.6 Å². The van der Waals surface area contributed by atoms with E-state index in [-0.39, 0.29) is 17.5 Å². The van der Waals surface area contributed by atoms with Crippen LogP contribution in [0.25, 0.3) is 22.3 Å². The van der Waals surface area contributed by atoms with Gasteiger partial charge in [0, 0.05) is 93.8 Å². The number of rotatable bonds is 6. The molecule has 1 aliphatic heterocycles.